The van der Waals surface area contributed by atoms with Crippen LogP contribution >= 0.6 is 0 Å². The fraction of sp³-hybridized carbons (Fsp3) is 0.579. The summed E-state index contributed by atoms with van der Waals surface area (Å²) in [6, 6.07) is 2.36. The van der Waals surface area contributed by atoms with Crippen molar-refractivity contribution >= 4 is 17.6 Å². The maximum Gasteiger partial charge on any atom is 0.246 e. The van der Waals surface area contributed by atoms with Gasteiger partial charge in [0.15, 0.2) is 23.4 Å². The Bertz CT molecular complexity index is 726. The molecular weight excluding hydrogens is 371 g/mol. The molecule has 1 amide bonds. The summed E-state index contributed by atoms with van der Waals surface area (Å²) in [5.74, 6) is -4.11. The van der Waals surface area contributed by atoms with Gasteiger partial charge in [-0.05, 0) is 38.8 Å². The number of amides is 1. The molecule has 1 fully saturated rings. The van der Waals surface area contributed by atoms with Gasteiger partial charge >= 0.3 is 0 Å². The maximum absolute atomic E-state index is 13.7. The van der Waals surface area contributed by atoms with E-state index in [1.807, 2.05) is 6.92 Å². The quantitative estimate of drug-likeness (QED) is 0.390. The summed E-state index contributed by atoms with van der Waals surface area (Å²) in [5, 5.41) is 8.62. The van der Waals surface area contributed by atoms with Crippen molar-refractivity contribution in [3.05, 3.63) is 29.6 Å². The number of benzene rings is 1. The molecule has 1 aromatic carbocycles. The van der Waals surface area contributed by atoms with Crippen molar-refractivity contribution in [3.8, 4) is 0 Å². The Morgan fingerprint density at radius 1 is 1.25 bits per heavy atom. The van der Waals surface area contributed by atoms with Crippen molar-refractivity contribution < 1.29 is 18.0 Å². The first-order chi connectivity index (χ1) is 13.2. The molecule has 0 spiro atoms. The molecule has 0 aliphatic carbocycles. The number of aliphatic imine (C=N–C) groups is 1. The molecule has 2 rings (SSSR count). The highest BCUT2D eigenvalue weighted by Crippen LogP contribution is 2.20. The summed E-state index contributed by atoms with van der Waals surface area (Å²) in [4.78, 5) is 18.6. The van der Waals surface area contributed by atoms with Crippen LogP contribution in [0.25, 0.3) is 0 Å². The predicted octanol–water partition coefficient (Wildman–Crippen LogP) is 2.33. The number of hydrogen-bond acceptors (Lipinski definition) is 3. The number of likely N-dealkylation sites (tertiary alicyclic amines) is 1. The zero-order valence-corrected chi connectivity index (χ0v) is 16.7. The molecule has 1 heterocycles. The van der Waals surface area contributed by atoms with Gasteiger partial charge in [0.1, 0.15) is 6.54 Å². The van der Waals surface area contributed by atoms with E-state index in [0.29, 0.717) is 24.5 Å². The third-order valence-corrected chi connectivity index (χ3v) is 4.73. The predicted molar refractivity (Wildman–Crippen MR) is 104 cm³/mol. The van der Waals surface area contributed by atoms with Crippen LogP contribution in [0.2, 0.25) is 0 Å². The normalized spacial score (nSPS) is 20.5. The Morgan fingerprint density at radius 3 is 2.57 bits per heavy atom. The summed E-state index contributed by atoms with van der Waals surface area (Å²) in [6.45, 7) is 10.5. The highest BCUT2D eigenvalue weighted by molar-refractivity contribution is 5.94. The van der Waals surface area contributed by atoms with E-state index in [4.69, 9.17) is 0 Å². The molecule has 6 nitrogen and oxygen atoms in total. The van der Waals surface area contributed by atoms with Gasteiger partial charge in [-0.25, -0.2) is 18.2 Å². The first kappa shape index (κ1) is 22.0. The second-order valence-electron chi connectivity index (χ2n) is 7.24. The van der Waals surface area contributed by atoms with Crippen LogP contribution in [-0.4, -0.2) is 55.0 Å². The maximum atomic E-state index is 13.7. The van der Waals surface area contributed by atoms with Crippen LogP contribution in [0.3, 0.4) is 0 Å². The fourth-order valence-electron chi connectivity index (χ4n) is 3.07. The zero-order chi connectivity index (χ0) is 20.8. The van der Waals surface area contributed by atoms with E-state index in [1.165, 1.54) is 0 Å². The Labute approximate surface area is 163 Å². The summed E-state index contributed by atoms with van der Waals surface area (Å²) in [6.07, 6.45) is 0. The van der Waals surface area contributed by atoms with Crippen molar-refractivity contribution in [2.24, 2.45) is 10.9 Å². The molecular formula is C19H28F3N5O. The lowest BCUT2D eigenvalue weighted by atomic mass is 10.1. The van der Waals surface area contributed by atoms with Crippen LogP contribution in [-0.2, 0) is 4.79 Å². The highest BCUT2D eigenvalue weighted by Gasteiger charge is 2.31. The molecule has 1 saturated heterocycles. The molecule has 2 unspecified atom stereocenters. The first-order valence-corrected chi connectivity index (χ1v) is 9.45. The summed E-state index contributed by atoms with van der Waals surface area (Å²) in [7, 11) is 0. The molecule has 2 atom stereocenters. The summed E-state index contributed by atoms with van der Waals surface area (Å²) >= 11 is 0. The molecule has 156 valence electrons. The van der Waals surface area contributed by atoms with Gasteiger partial charge in [-0.15, -0.1) is 0 Å². The number of anilines is 1. The highest BCUT2D eigenvalue weighted by atomic mass is 19.2. The molecule has 0 aromatic heterocycles. The molecule has 3 N–H and O–H groups in total. The van der Waals surface area contributed by atoms with Crippen LogP contribution in [0.4, 0.5) is 18.9 Å². The number of rotatable bonds is 6. The van der Waals surface area contributed by atoms with Gasteiger partial charge in [0, 0.05) is 31.7 Å². The second-order valence-corrected chi connectivity index (χ2v) is 7.24. The molecule has 1 aromatic rings. The molecule has 1 aliphatic heterocycles. The van der Waals surface area contributed by atoms with Crippen molar-refractivity contribution in [2.45, 2.75) is 39.8 Å². The molecule has 0 radical (unpaired) electrons. The van der Waals surface area contributed by atoms with Gasteiger partial charge in [-0.1, -0.05) is 6.92 Å². The van der Waals surface area contributed by atoms with Gasteiger partial charge in [0.25, 0.3) is 0 Å². The fourth-order valence-corrected chi connectivity index (χ4v) is 3.07. The van der Waals surface area contributed by atoms with Crippen molar-refractivity contribution in [3.63, 3.8) is 0 Å². The number of nitrogens with zero attached hydrogens (tertiary/aromatic N) is 2. The Balaban J connectivity index is 1.98. The molecule has 28 heavy (non-hydrogen) atoms. The van der Waals surface area contributed by atoms with Crippen molar-refractivity contribution in [1.82, 2.24) is 15.5 Å². The number of guanidine groups is 1. The number of hydrogen-bond donors (Lipinski definition) is 3. The lowest BCUT2D eigenvalue weighted by Gasteiger charge is -2.21. The van der Waals surface area contributed by atoms with E-state index < -0.39 is 29.0 Å². The van der Waals surface area contributed by atoms with E-state index in [1.54, 1.807) is 0 Å². The van der Waals surface area contributed by atoms with E-state index in [-0.39, 0.29) is 12.6 Å². The standard InChI is InChI=1S/C19H28F3N5O/c1-5-23-19(26-15-10-27(11(2)3)9-12(15)4)24-8-16(28)25-14-7-6-13(20)17(21)18(14)22/h6-7,11-12,15H,5,8-10H2,1-4H3,(H,25,28)(H2,23,24,26). The van der Waals surface area contributed by atoms with Gasteiger partial charge in [0.2, 0.25) is 5.91 Å². The van der Waals surface area contributed by atoms with Gasteiger partial charge in [-0.3, -0.25) is 9.69 Å². The van der Waals surface area contributed by atoms with Gasteiger partial charge in [0.05, 0.1) is 5.69 Å². The monoisotopic (exact) mass is 399 g/mol. The number of nitrogens with one attached hydrogen (secondary N) is 3. The zero-order valence-electron chi connectivity index (χ0n) is 16.7. The number of carbonyl (C=O) groups is 1. The lowest BCUT2D eigenvalue weighted by molar-refractivity contribution is -0.114. The van der Waals surface area contributed by atoms with E-state index in [0.717, 1.165) is 25.2 Å². The van der Waals surface area contributed by atoms with Gasteiger partial charge < -0.3 is 16.0 Å². The first-order valence-electron chi connectivity index (χ1n) is 9.45. The Hall–Kier alpha value is -2.29. The van der Waals surface area contributed by atoms with E-state index in [2.05, 4.69) is 46.6 Å². The minimum absolute atomic E-state index is 0.187. The largest absolute Gasteiger partial charge is 0.357 e. The number of halogens is 3. The van der Waals surface area contributed by atoms with Crippen molar-refractivity contribution in [2.75, 3.05) is 31.5 Å². The third-order valence-electron chi connectivity index (χ3n) is 4.73. The molecule has 0 saturated carbocycles. The average Bonchev–Trinajstić information content (AvgIpc) is 3.01. The van der Waals surface area contributed by atoms with Gasteiger partial charge in [-0.2, -0.15) is 0 Å². The molecule has 1 aliphatic rings. The Kier molecular flexibility index (Phi) is 7.68. The van der Waals surface area contributed by atoms with Crippen LogP contribution in [0.1, 0.15) is 27.7 Å². The summed E-state index contributed by atoms with van der Waals surface area (Å²) < 4.78 is 39.9. The molecule has 0 bridgehead atoms. The SMILES string of the molecule is CCNC(=NCC(=O)Nc1ccc(F)c(F)c1F)NC1CN(C(C)C)CC1C. The van der Waals surface area contributed by atoms with Crippen LogP contribution in [0, 0.1) is 23.4 Å². The Morgan fingerprint density at radius 2 is 1.96 bits per heavy atom. The topological polar surface area (TPSA) is 68.8 Å². The lowest BCUT2D eigenvalue weighted by Crippen LogP contribution is -2.47. The van der Waals surface area contributed by atoms with Crippen LogP contribution < -0.4 is 16.0 Å². The summed E-state index contributed by atoms with van der Waals surface area (Å²) in [5.41, 5.74) is -0.422. The average molecular weight is 399 g/mol. The van der Waals surface area contributed by atoms with E-state index in [9.17, 15) is 18.0 Å². The number of carbonyl (C=O) groups excluding carboxylic acids is 1. The van der Waals surface area contributed by atoms with Crippen LogP contribution in [0.5, 0.6) is 0 Å². The minimum atomic E-state index is -1.62. The third kappa shape index (κ3) is 5.60. The molecule has 9 heteroatoms. The second kappa shape index (κ2) is 9.77. The smallest absolute Gasteiger partial charge is 0.246 e. The van der Waals surface area contributed by atoms with Crippen molar-refractivity contribution in [1.29, 1.82) is 0 Å². The van der Waals surface area contributed by atoms with E-state index >= 15 is 0 Å². The minimum Gasteiger partial charge on any atom is -0.357 e. The van der Waals surface area contributed by atoms with Crippen LogP contribution in [0.15, 0.2) is 17.1 Å².